The van der Waals surface area contributed by atoms with Crippen molar-refractivity contribution in [2.24, 2.45) is 0 Å². The predicted molar refractivity (Wildman–Crippen MR) is 92.7 cm³/mol. The van der Waals surface area contributed by atoms with Gasteiger partial charge >= 0.3 is 0 Å². The predicted octanol–water partition coefficient (Wildman–Crippen LogP) is 3.50. The summed E-state index contributed by atoms with van der Waals surface area (Å²) in [4.78, 5) is 4.75. The number of nitrogens with zero attached hydrogens (tertiary/aromatic N) is 2. The van der Waals surface area contributed by atoms with Gasteiger partial charge in [-0.1, -0.05) is 18.2 Å². The minimum Gasteiger partial charge on any atom is -0.398 e. The molecule has 23 heavy (non-hydrogen) atoms. The minimum atomic E-state index is 0.461. The van der Waals surface area contributed by atoms with Gasteiger partial charge in [0.25, 0.3) is 0 Å². The summed E-state index contributed by atoms with van der Waals surface area (Å²) in [5, 5.41) is 8.42. The highest BCUT2D eigenvalue weighted by Crippen LogP contribution is 2.30. The van der Waals surface area contributed by atoms with Crippen LogP contribution in [-0.4, -0.2) is 9.55 Å². The summed E-state index contributed by atoms with van der Waals surface area (Å²) in [6.45, 7) is 1.99. The molecule has 2 aromatic carbocycles. The van der Waals surface area contributed by atoms with Crippen molar-refractivity contribution in [2.45, 2.75) is 6.92 Å². The maximum Gasteiger partial charge on any atom is 0.0882 e. The molecule has 0 radical (unpaired) electrons. The zero-order chi connectivity index (χ0) is 16.0. The van der Waals surface area contributed by atoms with E-state index in [0.717, 1.165) is 39.4 Å². The van der Waals surface area contributed by atoms with Gasteiger partial charge in [0.2, 0.25) is 0 Å². The molecule has 0 spiro atoms. The Morgan fingerprint density at radius 1 is 1.00 bits per heavy atom. The van der Waals surface area contributed by atoms with E-state index in [1.54, 1.807) is 6.07 Å². The minimum absolute atomic E-state index is 0.461. The van der Waals surface area contributed by atoms with Crippen molar-refractivity contribution in [1.82, 2.24) is 9.55 Å². The molecule has 2 aliphatic rings. The summed E-state index contributed by atoms with van der Waals surface area (Å²) in [7, 11) is 0. The van der Waals surface area contributed by atoms with Crippen LogP contribution in [0.4, 0.5) is 5.69 Å². The van der Waals surface area contributed by atoms with Crippen LogP contribution in [0.1, 0.15) is 5.56 Å². The summed E-state index contributed by atoms with van der Waals surface area (Å²) in [6, 6.07) is 19.6. The molecule has 0 saturated heterocycles. The SMILES string of the molecule is Cc1cc2nc3ccc(=N)cc-3n(-c3ccccc3)c2cc1N. The Bertz CT molecular complexity index is 1050. The van der Waals surface area contributed by atoms with E-state index in [-0.39, 0.29) is 0 Å². The van der Waals surface area contributed by atoms with Crippen molar-refractivity contribution in [3.8, 4) is 17.1 Å². The molecule has 1 aliphatic heterocycles. The molecular formula is C19H16N4. The molecule has 2 aromatic rings. The van der Waals surface area contributed by atoms with E-state index in [1.165, 1.54) is 0 Å². The molecule has 0 bridgehead atoms. The van der Waals surface area contributed by atoms with Crippen molar-refractivity contribution >= 4 is 16.7 Å². The Hall–Kier alpha value is -3.14. The Morgan fingerprint density at radius 3 is 2.57 bits per heavy atom. The van der Waals surface area contributed by atoms with E-state index in [4.69, 9.17) is 16.1 Å². The molecule has 4 nitrogen and oxygen atoms in total. The molecule has 0 amide bonds. The van der Waals surface area contributed by atoms with E-state index in [2.05, 4.69) is 4.57 Å². The fraction of sp³-hybridized carbons (Fsp3) is 0.0526. The van der Waals surface area contributed by atoms with Crippen molar-refractivity contribution in [3.63, 3.8) is 0 Å². The van der Waals surface area contributed by atoms with Gasteiger partial charge in [-0.15, -0.1) is 0 Å². The highest BCUT2D eigenvalue weighted by molar-refractivity contribution is 5.86. The van der Waals surface area contributed by atoms with Crippen LogP contribution in [0.5, 0.6) is 0 Å². The molecule has 3 N–H and O–H groups in total. The van der Waals surface area contributed by atoms with Crippen LogP contribution in [0.25, 0.3) is 28.1 Å². The van der Waals surface area contributed by atoms with E-state index >= 15 is 0 Å². The Morgan fingerprint density at radius 2 is 1.78 bits per heavy atom. The van der Waals surface area contributed by atoms with Gasteiger partial charge in [-0.3, -0.25) is 0 Å². The van der Waals surface area contributed by atoms with Crippen LogP contribution >= 0.6 is 0 Å². The maximum atomic E-state index is 7.95. The molecule has 0 aromatic heterocycles. The average Bonchev–Trinajstić information content (AvgIpc) is 2.55. The van der Waals surface area contributed by atoms with Crippen LogP contribution < -0.4 is 11.1 Å². The van der Waals surface area contributed by atoms with Crippen LogP contribution in [-0.2, 0) is 0 Å². The standard InChI is InChI=1S/C19H16N4/c1-12-9-17-19(11-15(12)21)23(14-5-3-2-4-6-14)18-10-13(20)7-8-16(18)22-17/h2-11,20H,21H2,1H3. The summed E-state index contributed by atoms with van der Waals surface area (Å²) in [5.41, 5.74) is 12.5. The summed E-state index contributed by atoms with van der Waals surface area (Å²) < 4.78 is 2.12. The lowest BCUT2D eigenvalue weighted by Gasteiger charge is -2.19. The number of aryl methyl sites for hydroxylation is 1. The molecule has 1 aliphatic carbocycles. The number of hydrogen-bond donors (Lipinski definition) is 2. The first-order valence-corrected chi connectivity index (χ1v) is 7.46. The first-order valence-electron chi connectivity index (χ1n) is 7.46. The lowest BCUT2D eigenvalue weighted by atomic mass is 10.1. The first kappa shape index (κ1) is 13.5. The Balaban J connectivity index is 2.24. The molecule has 0 unspecified atom stereocenters. The monoisotopic (exact) mass is 300 g/mol. The molecule has 0 saturated carbocycles. The molecular weight excluding hydrogens is 284 g/mol. The third-order valence-electron chi connectivity index (χ3n) is 4.08. The number of hydrogen-bond acceptors (Lipinski definition) is 3. The first-order chi connectivity index (χ1) is 11.1. The van der Waals surface area contributed by atoms with E-state index in [1.807, 2.05) is 61.5 Å². The quantitative estimate of drug-likeness (QED) is 0.417. The molecule has 0 fully saturated rings. The maximum absolute atomic E-state index is 7.95. The second-order valence-corrected chi connectivity index (χ2v) is 5.68. The van der Waals surface area contributed by atoms with Gasteiger partial charge in [-0.25, -0.2) is 4.98 Å². The normalized spacial score (nSPS) is 11.2. The number of aromatic nitrogens is 2. The van der Waals surface area contributed by atoms with Gasteiger partial charge in [-0.2, -0.15) is 0 Å². The second kappa shape index (κ2) is 4.95. The third-order valence-corrected chi connectivity index (χ3v) is 4.08. The summed E-state index contributed by atoms with van der Waals surface area (Å²) in [5.74, 6) is 0. The van der Waals surface area contributed by atoms with Crippen LogP contribution in [0, 0.1) is 12.3 Å². The number of para-hydroxylation sites is 1. The smallest absolute Gasteiger partial charge is 0.0882 e. The Kier molecular flexibility index (Phi) is 2.91. The fourth-order valence-corrected chi connectivity index (χ4v) is 2.88. The number of nitrogen functional groups attached to an aromatic ring is 1. The van der Waals surface area contributed by atoms with Gasteiger partial charge in [0.1, 0.15) is 0 Å². The zero-order valence-electron chi connectivity index (χ0n) is 12.7. The van der Waals surface area contributed by atoms with Gasteiger partial charge in [-0.05, 0) is 55.0 Å². The van der Waals surface area contributed by atoms with E-state index in [9.17, 15) is 0 Å². The summed E-state index contributed by atoms with van der Waals surface area (Å²) in [6.07, 6.45) is 0. The van der Waals surface area contributed by atoms with Crippen molar-refractivity contribution in [2.75, 3.05) is 5.73 Å². The van der Waals surface area contributed by atoms with Gasteiger partial charge < -0.3 is 15.7 Å². The topological polar surface area (TPSA) is 67.7 Å². The second-order valence-electron chi connectivity index (χ2n) is 5.68. The average molecular weight is 300 g/mol. The number of nitrogens with one attached hydrogen (secondary N) is 1. The third kappa shape index (κ3) is 2.16. The fourth-order valence-electron chi connectivity index (χ4n) is 2.88. The van der Waals surface area contributed by atoms with Gasteiger partial charge in [0, 0.05) is 11.4 Å². The van der Waals surface area contributed by atoms with Crippen molar-refractivity contribution in [3.05, 3.63) is 71.6 Å². The number of fused-ring (bicyclic) bond motifs is 2. The Labute approximate surface area is 133 Å². The van der Waals surface area contributed by atoms with E-state index < -0.39 is 0 Å². The lowest BCUT2D eigenvalue weighted by molar-refractivity contribution is 1.07. The van der Waals surface area contributed by atoms with Crippen LogP contribution in [0.3, 0.4) is 0 Å². The number of benzene rings is 3. The van der Waals surface area contributed by atoms with Gasteiger partial charge in [0.15, 0.2) is 0 Å². The number of rotatable bonds is 1. The molecule has 4 rings (SSSR count). The number of nitrogens with two attached hydrogens (primary N) is 1. The zero-order valence-corrected chi connectivity index (χ0v) is 12.7. The molecule has 0 atom stereocenters. The highest BCUT2D eigenvalue weighted by atomic mass is 15.0. The molecule has 1 heterocycles. The van der Waals surface area contributed by atoms with E-state index in [0.29, 0.717) is 5.36 Å². The highest BCUT2D eigenvalue weighted by Gasteiger charge is 2.14. The lowest BCUT2D eigenvalue weighted by Crippen LogP contribution is -2.10. The van der Waals surface area contributed by atoms with Crippen LogP contribution in [0.2, 0.25) is 0 Å². The van der Waals surface area contributed by atoms with Crippen molar-refractivity contribution in [1.29, 1.82) is 5.41 Å². The van der Waals surface area contributed by atoms with Crippen LogP contribution in [0.15, 0.2) is 60.7 Å². The molecule has 112 valence electrons. The van der Waals surface area contributed by atoms with Gasteiger partial charge in [0.05, 0.1) is 27.8 Å². The molecule has 4 heteroatoms. The number of anilines is 1. The van der Waals surface area contributed by atoms with Crippen molar-refractivity contribution < 1.29 is 0 Å². The largest absolute Gasteiger partial charge is 0.398 e. The summed E-state index contributed by atoms with van der Waals surface area (Å²) >= 11 is 0.